The van der Waals surface area contributed by atoms with Gasteiger partial charge >= 0.3 is 0 Å². The van der Waals surface area contributed by atoms with Gasteiger partial charge in [-0.3, -0.25) is 14.7 Å². The van der Waals surface area contributed by atoms with Crippen LogP contribution in [0.2, 0.25) is 0 Å². The van der Waals surface area contributed by atoms with E-state index in [2.05, 4.69) is 22.3 Å². The normalized spacial score (nSPS) is 18.5. The van der Waals surface area contributed by atoms with E-state index < -0.39 is 15.9 Å². The third-order valence-corrected chi connectivity index (χ3v) is 8.58. The molecule has 2 heterocycles. The number of nitrogens with zero attached hydrogens (tertiary/aromatic N) is 3. The summed E-state index contributed by atoms with van der Waals surface area (Å²) >= 11 is 0. The van der Waals surface area contributed by atoms with E-state index in [1.54, 1.807) is 12.1 Å². The van der Waals surface area contributed by atoms with Gasteiger partial charge in [-0.15, -0.1) is 0 Å². The highest BCUT2D eigenvalue weighted by molar-refractivity contribution is 7.89. The van der Waals surface area contributed by atoms with Gasteiger partial charge in [-0.25, -0.2) is 12.7 Å². The van der Waals surface area contributed by atoms with E-state index in [1.807, 2.05) is 42.5 Å². The van der Waals surface area contributed by atoms with Gasteiger partial charge in [0, 0.05) is 26.3 Å². The summed E-state index contributed by atoms with van der Waals surface area (Å²) in [6.45, 7) is 3.21. The van der Waals surface area contributed by atoms with Crippen LogP contribution >= 0.6 is 0 Å². The quantitative estimate of drug-likeness (QED) is 0.486. The van der Waals surface area contributed by atoms with Crippen LogP contribution < -0.4 is 5.32 Å². The molecule has 1 unspecified atom stereocenters. The predicted molar refractivity (Wildman–Crippen MR) is 142 cm³/mol. The lowest BCUT2D eigenvalue weighted by molar-refractivity contribution is -0.115. The average Bonchev–Trinajstić information content (AvgIpc) is 3.50. The molecule has 3 aromatic carbocycles. The highest BCUT2D eigenvalue weighted by Gasteiger charge is 2.36. The second-order valence-electron chi connectivity index (χ2n) is 9.47. The van der Waals surface area contributed by atoms with Crippen molar-refractivity contribution in [1.82, 2.24) is 9.21 Å². The fourth-order valence-electron chi connectivity index (χ4n) is 4.80. The first-order chi connectivity index (χ1) is 17.3. The number of amides is 1. The monoisotopic (exact) mass is 502 g/mol. The van der Waals surface area contributed by atoms with E-state index in [4.69, 9.17) is 4.99 Å². The first kappa shape index (κ1) is 24.4. The van der Waals surface area contributed by atoms with E-state index in [0.717, 1.165) is 30.9 Å². The van der Waals surface area contributed by atoms with E-state index in [-0.39, 0.29) is 10.8 Å². The van der Waals surface area contributed by atoms with Gasteiger partial charge in [-0.2, -0.15) is 0 Å². The van der Waals surface area contributed by atoms with E-state index in [0.29, 0.717) is 17.0 Å². The molecule has 186 valence electrons. The predicted octanol–water partition coefficient (Wildman–Crippen LogP) is 4.39. The van der Waals surface area contributed by atoms with Gasteiger partial charge in [0.2, 0.25) is 15.9 Å². The smallest absolute Gasteiger partial charge is 0.242 e. The van der Waals surface area contributed by atoms with Crippen molar-refractivity contribution in [2.75, 3.05) is 32.5 Å². The molecule has 1 atom stereocenters. The summed E-state index contributed by atoms with van der Waals surface area (Å²) in [5.41, 5.74) is 4.59. The van der Waals surface area contributed by atoms with E-state index in [1.165, 1.54) is 42.9 Å². The standard InChI is InChI=1S/C28H30N4O3S/c1-31(2)36(34,35)23-14-15-25-24(18-23)26(28(33)30-25)27(21-8-4-3-5-9-21)29-22-12-10-20(11-13-22)19-32-16-6-7-17-32/h3-5,8-15,18,26H,6-7,16-17,19H2,1-2H3,(H,30,33). The van der Waals surface area contributed by atoms with Gasteiger partial charge < -0.3 is 5.32 Å². The molecular formula is C28H30N4O3S. The number of hydrogen-bond acceptors (Lipinski definition) is 5. The average molecular weight is 503 g/mol. The molecule has 1 amide bonds. The third kappa shape index (κ3) is 4.84. The second-order valence-corrected chi connectivity index (χ2v) is 11.6. The molecule has 0 spiro atoms. The number of aliphatic imine (C=N–C) groups is 1. The number of likely N-dealkylation sites (tertiary alicyclic amines) is 1. The topological polar surface area (TPSA) is 82.1 Å². The van der Waals surface area contributed by atoms with Crippen LogP contribution in [0, 0.1) is 0 Å². The summed E-state index contributed by atoms with van der Waals surface area (Å²) in [5, 5.41) is 2.91. The van der Waals surface area contributed by atoms with Gasteiger partial charge in [-0.05, 0) is 73.0 Å². The van der Waals surface area contributed by atoms with Gasteiger partial charge in [-0.1, -0.05) is 42.5 Å². The van der Waals surface area contributed by atoms with Crippen LogP contribution in [0.25, 0.3) is 0 Å². The van der Waals surface area contributed by atoms with Crippen LogP contribution in [0.4, 0.5) is 11.4 Å². The minimum atomic E-state index is -3.65. The van der Waals surface area contributed by atoms with Crippen molar-refractivity contribution in [3.63, 3.8) is 0 Å². The van der Waals surface area contributed by atoms with Crippen LogP contribution in [0.5, 0.6) is 0 Å². The number of benzene rings is 3. The number of rotatable bonds is 7. The molecule has 2 aliphatic heterocycles. The maximum absolute atomic E-state index is 13.2. The van der Waals surface area contributed by atoms with Crippen molar-refractivity contribution in [2.24, 2.45) is 4.99 Å². The molecule has 5 rings (SSSR count). The van der Waals surface area contributed by atoms with Crippen molar-refractivity contribution < 1.29 is 13.2 Å². The number of carbonyl (C=O) groups is 1. The van der Waals surface area contributed by atoms with Crippen LogP contribution in [0.3, 0.4) is 0 Å². The largest absolute Gasteiger partial charge is 0.325 e. The van der Waals surface area contributed by atoms with Crippen LogP contribution in [0.1, 0.15) is 35.4 Å². The Hall–Kier alpha value is -3.33. The maximum atomic E-state index is 13.2. The fourth-order valence-corrected chi connectivity index (χ4v) is 5.74. The minimum Gasteiger partial charge on any atom is -0.325 e. The van der Waals surface area contributed by atoms with Gasteiger partial charge in [0.1, 0.15) is 5.92 Å². The van der Waals surface area contributed by atoms with E-state index in [9.17, 15) is 13.2 Å². The van der Waals surface area contributed by atoms with Gasteiger partial charge in [0.05, 0.1) is 16.3 Å². The van der Waals surface area contributed by atoms with Crippen LogP contribution in [0.15, 0.2) is 82.7 Å². The Labute approximate surface area is 212 Å². The number of anilines is 1. The highest BCUT2D eigenvalue weighted by atomic mass is 32.2. The van der Waals surface area contributed by atoms with Crippen molar-refractivity contribution >= 4 is 33.0 Å². The number of nitrogens with one attached hydrogen (secondary N) is 1. The fraction of sp³-hybridized carbons (Fsp3) is 0.286. The minimum absolute atomic E-state index is 0.145. The Morgan fingerprint density at radius 1 is 1.00 bits per heavy atom. The molecule has 2 aliphatic rings. The molecule has 1 fully saturated rings. The molecule has 0 aliphatic carbocycles. The van der Waals surface area contributed by atoms with Crippen LogP contribution in [-0.4, -0.2) is 56.4 Å². The summed E-state index contributed by atoms with van der Waals surface area (Å²) in [5.74, 6) is -0.957. The molecule has 0 aromatic heterocycles. The Morgan fingerprint density at radius 2 is 1.69 bits per heavy atom. The SMILES string of the molecule is CN(C)S(=O)(=O)c1ccc2c(c1)C(C(=Nc1ccc(CN3CCCC3)cc1)c1ccccc1)C(=O)N2. The summed E-state index contributed by atoms with van der Waals surface area (Å²) < 4.78 is 26.8. The zero-order valence-corrected chi connectivity index (χ0v) is 21.3. The Bertz CT molecular complexity index is 1390. The molecular weight excluding hydrogens is 472 g/mol. The summed E-state index contributed by atoms with van der Waals surface area (Å²) in [6.07, 6.45) is 2.51. The van der Waals surface area contributed by atoms with Crippen molar-refractivity contribution in [3.8, 4) is 0 Å². The lowest BCUT2D eigenvalue weighted by Gasteiger charge is -2.16. The number of carbonyl (C=O) groups excluding carboxylic acids is 1. The van der Waals surface area contributed by atoms with Crippen molar-refractivity contribution in [3.05, 3.63) is 89.5 Å². The Morgan fingerprint density at radius 3 is 2.36 bits per heavy atom. The zero-order valence-electron chi connectivity index (χ0n) is 20.5. The molecule has 1 N–H and O–H groups in total. The van der Waals surface area contributed by atoms with Crippen LogP contribution in [-0.2, 0) is 21.4 Å². The Balaban J connectivity index is 1.55. The number of fused-ring (bicyclic) bond motifs is 1. The first-order valence-electron chi connectivity index (χ1n) is 12.2. The molecule has 0 bridgehead atoms. The molecule has 36 heavy (non-hydrogen) atoms. The lowest BCUT2D eigenvalue weighted by Crippen LogP contribution is -2.23. The van der Waals surface area contributed by atoms with Crippen molar-refractivity contribution in [1.29, 1.82) is 0 Å². The van der Waals surface area contributed by atoms with Crippen molar-refractivity contribution in [2.45, 2.75) is 30.2 Å². The maximum Gasteiger partial charge on any atom is 0.242 e. The summed E-state index contributed by atoms with van der Waals surface area (Å²) in [7, 11) is -0.666. The number of hydrogen-bond donors (Lipinski definition) is 1. The lowest BCUT2D eigenvalue weighted by atomic mass is 9.90. The second kappa shape index (κ2) is 9.97. The number of sulfonamides is 1. The molecule has 1 saturated heterocycles. The van der Waals surface area contributed by atoms with E-state index >= 15 is 0 Å². The molecule has 8 heteroatoms. The third-order valence-electron chi connectivity index (χ3n) is 6.77. The summed E-state index contributed by atoms with van der Waals surface area (Å²) in [6, 6.07) is 22.5. The summed E-state index contributed by atoms with van der Waals surface area (Å²) in [4.78, 5) is 20.8. The Kier molecular flexibility index (Phi) is 6.75. The zero-order chi connectivity index (χ0) is 25.3. The molecule has 0 saturated carbocycles. The van der Waals surface area contributed by atoms with Gasteiger partial charge in [0.25, 0.3) is 0 Å². The van der Waals surface area contributed by atoms with Gasteiger partial charge in [0.15, 0.2) is 0 Å². The molecule has 7 nitrogen and oxygen atoms in total. The molecule has 0 radical (unpaired) electrons. The highest BCUT2D eigenvalue weighted by Crippen LogP contribution is 2.38. The molecule has 3 aromatic rings. The first-order valence-corrected chi connectivity index (χ1v) is 13.6.